The van der Waals surface area contributed by atoms with E-state index in [9.17, 15) is 4.79 Å². The highest BCUT2D eigenvalue weighted by molar-refractivity contribution is 7.16. The van der Waals surface area contributed by atoms with E-state index < -0.39 is 5.97 Å². The van der Waals surface area contributed by atoms with Gasteiger partial charge in [-0.1, -0.05) is 11.6 Å². The Hall–Kier alpha value is -0.580. The topological polar surface area (TPSA) is 40.5 Å². The molecule has 84 valence electrons. The third-order valence-electron chi connectivity index (χ3n) is 1.99. The van der Waals surface area contributed by atoms with Crippen LogP contribution < -0.4 is 0 Å². The van der Waals surface area contributed by atoms with Crippen LogP contribution in [0.2, 0.25) is 4.34 Å². The second-order valence-corrected chi connectivity index (χ2v) is 5.24. The van der Waals surface area contributed by atoms with Gasteiger partial charge in [-0.05, 0) is 32.1 Å². The lowest BCUT2D eigenvalue weighted by Crippen LogP contribution is -2.19. The molecule has 0 aromatic carbocycles. The Labute approximate surface area is 98.3 Å². The fourth-order valence-corrected chi connectivity index (χ4v) is 2.45. The van der Waals surface area contributed by atoms with E-state index in [0.717, 1.165) is 17.4 Å². The first kappa shape index (κ1) is 12.5. The zero-order valence-electron chi connectivity index (χ0n) is 8.57. The van der Waals surface area contributed by atoms with Crippen molar-refractivity contribution >= 4 is 28.9 Å². The van der Waals surface area contributed by atoms with Gasteiger partial charge >= 0.3 is 5.97 Å². The van der Waals surface area contributed by atoms with Crippen molar-refractivity contribution in [2.45, 2.75) is 19.4 Å². The Morgan fingerprint density at radius 3 is 2.87 bits per heavy atom. The number of aliphatic carboxylic acids is 1. The number of nitrogens with zero attached hydrogens (tertiary/aromatic N) is 1. The molecule has 0 aliphatic heterocycles. The molecule has 0 saturated carbocycles. The number of carbonyl (C=O) groups is 1. The SMILES string of the molecule is CN(CCCC(=O)O)Cc1ccc(Cl)s1. The first-order valence-corrected chi connectivity index (χ1v) is 5.92. The predicted molar refractivity (Wildman–Crippen MR) is 62.5 cm³/mol. The summed E-state index contributed by atoms with van der Waals surface area (Å²) >= 11 is 7.38. The molecule has 3 nitrogen and oxygen atoms in total. The van der Waals surface area contributed by atoms with Crippen molar-refractivity contribution in [1.82, 2.24) is 4.90 Å². The van der Waals surface area contributed by atoms with E-state index in [4.69, 9.17) is 16.7 Å². The molecule has 1 heterocycles. The van der Waals surface area contributed by atoms with Gasteiger partial charge in [-0.15, -0.1) is 11.3 Å². The molecule has 0 bridgehead atoms. The number of hydrogen-bond acceptors (Lipinski definition) is 3. The van der Waals surface area contributed by atoms with Crippen LogP contribution in [0.25, 0.3) is 0 Å². The maximum atomic E-state index is 10.3. The van der Waals surface area contributed by atoms with Gasteiger partial charge in [0.2, 0.25) is 0 Å². The van der Waals surface area contributed by atoms with Crippen LogP contribution in [-0.2, 0) is 11.3 Å². The Morgan fingerprint density at radius 2 is 2.33 bits per heavy atom. The van der Waals surface area contributed by atoms with Crippen LogP contribution >= 0.6 is 22.9 Å². The zero-order chi connectivity index (χ0) is 11.3. The van der Waals surface area contributed by atoms with Gasteiger partial charge in [0.05, 0.1) is 4.34 Å². The summed E-state index contributed by atoms with van der Waals surface area (Å²) in [6, 6.07) is 3.88. The molecule has 1 rings (SSSR count). The van der Waals surface area contributed by atoms with E-state index in [2.05, 4.69) is 4.90 Å². The van der Waals surface area contributed by atoms with Crippen molar-refractivity contribution < 1.29 is 9.90 Å². The van der Waals surface area contributed by atoms with E-state index in [1.54, 1.807) is 11.3 Å². The summed E-state index contributed by atoms with van der Waals surface area (Å²) in [4.78, 5) is 13.6. The van der Waals surface area contributed by atoms with Gasteiger partial charge in [0.1, 0.15) is 0 Å². The summed E-state index contributed by atoms with van der Waals surface area (Å²) in [5.74, 6) is -0.734. The first-order valence-electron chi connectivity index (χ1n) is 4.72. The maximum Gasteiger partial charge on any atom is 0.303 e. The second kappa shape index (κ2) is 6.10. The molecule has 0 radical (unpaired) electrons. The van der Waals surface area contributed by atoms with Gasteiger partial charge < -0.3 is 10.0 Å². The minimum Gasteiger partial charge on any atom is -0.481 e. The predicted octanol–water partition coefficient (Wildman–Crippen LogP) is 2.70. The summed E-state index contributed by atoms with van der Waals surface area (Å²) in [6.07, 6.45) is 0.917. The normalized spacial score (nSPS) is 10.9. The summed E-state index contributed by atoms with van der Waals surface area (Å²) in [5, 5.41) is 8.49. The monoisotopic (exact) mass is 247 g/mol. The van der Waals surface area contributed by atoms with Gasteiger partial charge in [-0.25, -0.2) is 0 Å². The first-order chi connectivity index (χ1) is 7.08. The third-order valence-corrected chi connectivity index (χ3v) is 3.20. The Morgan fingerprint density at radius 1 is 1.60 bits per heavy atom. The molecule has 1 aromatic rings. The van der Waals surface area contributed by atoms with Crippen molar-refractivity contribution in [3.05, 3.63) is 21.3 Å². The summed E-state index contributed by atoms with van der Waals surface area (Å²) in [7, 11) is 1.98. The van der Waals surface area contributed by atoms with Gasteiger partial charge in [0, 0.05) is 17.8 Å². The van der Waals surface area contributed by atoms with E-state index in [0.29, 0.717) is 6.42 Å². The minimum absolute atomic E-state index is 0.232. The molecule has 0 aliphatic carbocycles. The van der Waals surface area contributed by atoms with Crippen LogP contribution in [0.1, 0.15) is 17.7 Å². The largest absolute Gasteiger partial charge is 0.481 e. The molecule has 15 heavy (non-hydrogen) atoms. The van der Waals surface area contributed by atoms with Crippen LogP contribution in [0.4, 0.5) is 0 Å². The Bertz CT molecular complexity index is 327. The van der Waals surface area contributed by atoms with E-state index in [1.807, 2.05) is 19.2 Å². The quantitative estimate of drug-likeness (QED) is 0.840. The van der Waals surface area contributed by atoms with E-state index in [1.165, 1.54) is 4.88 Å². The standard InChI is InChI=1S/C10H14ClNO2S/c1-12(6-2-3-10(13)14)7-8-4-5-9(11)15-8/h4-5H,2-3,6-7H2,1H3,(H,13,14). The number of rotatable bonds is 6. The molecule has 1 N–H and O–H groups in total. The number of thiophene rings is 1. The minimum atomic E-state index is -0.734. The fourth-order valence-electron chi connectivity index (χ4n) is 1.28. The summed E-state index contributed by atoms with van der Waals surface area (Å²) in [5.41, 5.74) is 0. The Kier molecular flexibility index (Phi) is 5.08. The molecule has 0 unspecified atom stereocenters. The van der Waals surface area contributed by atoms with Gasteiger partial charge in [0.15, 0.2) is 0 Å². The zero-order valence-corrected chi connectivity index (χ0v) is 10.1. The fraction of sp³-hybridized carbons (Fsp3) is 0.500. The molecule has 5 heteroatoms. The molecular weight excluding hydrogens is 234 g/mol. The molecule has 0 fully saturated rings. The summed E-state index contributed by atoms with van der Waals surface area (Å²) in [6.45, 7) is 1.62. The summed E-state index contributed by atoms with van der Waals surface area (Å²) < 4.78 is 0.795. The van der Waals surface area contributed by atoms with Crippen LogP contribution in [0.15, 0.2) is 12.1 Å². The second-order valence-electron chi connectivity index (χ2n) is 3.44. The van der Waals surface area contributed by atoms with Crippen LogP contribution in [0.3, 0.4) is 0 Å². The smallest absolute Gasteiger partial charge is 0.303 e. The molecule has 0 saturated heterocycles. The lowest BCUT2D eigenvalue weighted by atomic mass is 10.3. The van der Waals surface area contributed by atoms with Crippen molar-refractivity contribution in [1.29, 1.82) is 0 Å². The van der Waals surface area contributed by atoms with Crippen molar-refractivity contribution in [2.75, 3.05) is 13.6 Å². The van der Waals surface area contributed by atoms with Crippen molar-refractivity contribution in [3.63, 3.8) is 0 Å². The number of hydrogen-bond donors (Lipinski definition) is 1. The highest BCUT2D eigenvalue weighted by Crippen LogP contribution is 2.22. The average molecular weight is 248 g/mol. The van der Waals surface area contributed by atoms with Crippen LogP contribution in [-0.4, -0.2) is 29.6 Å². The number of carboxylic acid groups (broad SMARTS) is 1. The molecule has 0 spiro atoms. The number of carboxylic acids is 1. The van der Waals surface area contributed by atoms with E-state index in [-0.39, 0.29) is 6.42 Å². The molecular formula is C10H14ClNO2S. The van der Waals surface area contributed by atoms with Crippen LogP contribution in [0.5, 0.6) is 0 Å². The number of halogens is 1. The van der Waals surface area contributed by atoms with Crippen molar-refractivity contribution in [2.24, 2.45) is 0 Å². The van der Waals surface area contributed by atoms with Crippen molar-refractivity contribution in [3.8, 4) is 0 Å². The lowest BCUT2D eigenvalue weighted by molar-refractivity contribution is -0.137. The lowest BCUT2D eigenvalue weighted by Gasteiger charge is -2.14. The van der Waals surface area contributed by atoms with Gasteiger partial charge in [-0.3, -0.25) is 4.79 Å². The highest BCUT2D eigenvalue weighted by Gasteiger charge is 2.04. The highest BCUT2D eigenvalue weighted by atomic mass is 35.5. The molecule has 0 aliphatic rings. The van der Waals surface area contributed by atoms with E-state index >= 15 is 0 Å². The molecule has 0 atom stereocenters. The third kappa shape index (κ3) is 5.16. The van der Waals surface area contributed by atoms with Gasteiger partial charge in [0.25, 0.3) is 0 Å². The van der Waals surface area contributed by atoms with Crippen LogP contribution in [0, 0.1) is 0 Å². The van der Waals surface area contributed by atoms with Gasteiger partial charge in [-0.2, -0.15) is 0 Å². The average Bonchev–Trinajstić information content (AvgIpc) is 2.50. The maximum absolute atomic E-state index is 10.3. The Balaban J connectivity index is 2.24. The molecule has 1 aromatic heterocycles. The molecule has 0 amide bonds.